The Kier molecular flexibility index (Phi) is 5.29. The fourth-order valence-corrected chi connectivity index (χ4v) is 1.73. The Balaban J connectivity index is 1.79. The molecule has 1 aliphatic rings. The van der Waals surface area contributed by atoms with Gasteiger partial charge in [0.15, 0.2) is 5.78 Å². The topological polar surface area (TPSA) is 61.8 Å². The van der Waals surface area contributed by atoms with Crippen LogP contribution in [0.5, 0.6) is 5.75 Å². The molecule has 0 spiro atoms. The van der Waals surface area contributed by atoms with Gasteiger partial charge < -0.3 is 14.2 Å². The van der Waals surface area contributed by atoms with Gasteiger partial charge in [-0.3, -0.25) is 4.79 Å². The molecule has 1 aromatic rings. The Hall–Kier alpha value is -2.40. The molecule has 0 amide bonds. The van der Waals surface area contributed by atoms with Crippen LogP contribution in [0.15, 0.2) is 48.6 Å². The Morgan fingerprint density at radius 1 is 1.38 bits per heavy atom. The first kappa shape index (κ1) is 15.0. The number of ketones is 1. The van der Waals surface area contributed by atoms with Crippen molar-refractivity contribution in [2.45, 2.75) is 12.7 Å². The number of methoxy groups -OCH3 is 1. The van der Waals surface area contributed by atoms with Gasteiger partial charge in [-0.25, -0.2) is 4.79 Å². The van der Waals surface area contributed by atoms with Crippen molar-refractivity contribution in [2.75, 3.05) is 13.7 Å². The number of ether oxygens (including phenoxy) is 3. The molecule has 0 aromatic heterocycles. The van der Waals surface area contributed by atoms with Crippen LogP contribution >= 0.6 is 0 Å². The minimum atomic E-state index is -0.791. The molecule has 0 bridgehead atoms. The van der Waals surface area contributed by atoms with Crippen LogP contribution in [-0.2, 0) is 25.5 Å². The molecular formula is C16H16O5. The second-order valence-electron chi connectivity index (χ2n) is 4.40. The van der Waals surface area contributed by atoms with E-state index < -0.39 is 12.3 Å². The van der Waals surface area contributed by atoms with Crippen LogP contribution in [0.2, 0.25) is 0 Å². The molecule has 1 aromatic carbocycles. The van der Waals surface area contributed by atoms with Crippen molar-refractivity contribution in [3.63, 3.8) is 0 Å². The first-order valence-electron chi connectivity index (χ1n) is 6.50. The summed E-state index contributed by atoms with van der Waals surface area (Å²) in [6.07, 6.45) is 5.64. The van der Waals surface area contributed by atoms with E-state index in [0.29, 0.717) is 6.42 Å². The summed E-state index contributed by atoms with van der Waals surface area (Å²) in [7, 11) is 1.61. The number of rotatable bonds is 5. The Bertz CT molecular complexity index is 557. The zero-order chi connectivity index (χ0) is 15.1. The van der Waals surface area contributed by atoms with Gasteiger partial charge in [-0.2, -0.15) is 0 Å². The maximum absolute atomic E-state index is 11.6. The van der Waals surface area contributed by atoms with Crippen molar-refractivity contribution in [1.29, 1.82) is 0 Å². The minimum absolute atomic E-state index is 0.0655. The van der Waals surface area contributed by atoms with Crippen LogP contribution in [0.25, 0.3) is 0 Å². The van der Waals surface area contributed by atoms with Crippen molar-refractivity contribution in [3.8, 4) is 5.75 Å². The second kappa shape index (κ2) is 7.40. The van der Waals surface area contributed by atoms with Gasteiger partial charge in [0.05, 0.1) is 7.11 Å². The summed E-state index contributed by atoms with van der Waals surface area (Å²) in [5.41, 5.74) is 1.05. The standard InChI is InChI=1S/C16H16O5/c1-19-14-8-5-12(6-9-14)3-2-4-15(18)21-16-10-7-13(17)11-20-16/h2,4-10,16H,3,11H2,1H3/b4-2+/t16-/m0/s1. The molecule has 1 atom stereocenters. The fraction of sp³-hybridized carbons (Fsp3) is 0.250. The van der Waals surface area contributed by atoms with Crippen LogP contribution in [0, 0.1) is 0 Å². The maximum Gasteiger partial charge on any atom is 0.332 e. The number of allylic oxidation sites excluding steroid dienone is 1. The van der Waals surface area contributed by atoms with Gasteiger partial charge in [0, 0.05) is 6.08 Å². The normalized spacial score (nSPS) is 18.0. The highest BCUT2D eigenvalue weighted by atomic mass is 16.7. The number of benzene rings is 1. The van der Waals surface area contributed by atoms with Crippen molar-refractivity contribution < 1.29 is 23.8 Å². The second-order valence-corrected chi connectivity index (χ2v) is 4.40. The predicted octanol–water partition coefficient (Wildman–Crippen LogP) is 1.82. The largest absolute Gasteiger partial charge is 0.497 e. The van der Waals surface area contributed by atoms with Crippen LogP contribution in [0.3, 0.4) is 0 Å². The van der Waals surface area contributed by atoms with E-state index in [1.54, 1.807) is 13.2 Å². The third kappa shape index (κ3) is 4.89. The third-order valence-corrected chi connectivity index (χ3v) is 2.83. The molecule has 0 fully saturated rings. The first-order valence-corrected chi connectivity index (χ1v) is 6.50. The summed E-state index contributed by atoms with van der Waals surface area (Å²) >= 11 is 0. The molecule has 5 nitrogen and oxygen atoms in total. The zero-order valence-corrected chi connectivity index (χ0v) is 11.7. The monoisotopic (exact) mass is 288 g/mol. The Labute approximate surface area is 122 Å². The smallest absolute Gasteiger partial charge is 0.332 e. The molecule has 0 N–H and O–H groups in total. The number of hydrogen-bond acceptors (Lipinski definition) is 5. The SMILES string of the molecule is COc1ccc(C/C=C/C(=O)O[C@H]2C=CC(=O)CO2)cc1. The van der Waals surface area contributed by atoms with E-state index in [1.165, 1.54) is 18.2 Å². The lowest BCUT2D eigenvalue weighted by Crippen LogP contribution is -2.25. The molecule has 0 radical (unpaired) electrons. The van der Waals surface area contributed by atoms with E-state index in [9.17, 15) is 9.59 Å². The maximum atomic E-state index is 11.6. The van der Waals surface area contributed by atoms with Crippen molar-refractivity contribution in [1.82, 2.24) is 0 Å². The van der Waals surface area contributed by atoms with Gasteiger partial charge >= 0.3 is 5.97 Å². The van der Waals surface area contributed by atoms with Gasteiger partial charge in [-0.15, -0.1) is 0 Å². The summed E-state index contributed by atoms with van der Waals surface area (Å²) in [6.45, 7) is -0.0655. The first-order chi connectivity index (χ1) is 10.2. The van der Waals surface area contributed by atoms with Crippen LogP contribution in [-0.4, -0.2) is 31.8 Å². The number of hydrogen-bond donors (Lipinski definition) is 0. The molecule has 21 heavy (non-hydrogen) atoms. The lowest BCUT2D eigenvalue weighted by Gasteiger charge is -2.16. The lowest BCUT2D eigenvalue weighted by molar-refractivity contribution is -0.166. The lowest BCUT2D eigenvalue weighted by atomic mass is 10.1. The van der Waals surface area contributed by atoms with E-state index in [2.05, 4.69) is 0 Å². The molecule has 2 rings (SSSR count). The molecule has 1 aliphatic heterocycles. The fourth-order valence-electron chi connectivity index (χ4n) is 1.73. The number of carbonyl (C=O) groups is 2. The van der Waals surface area contributed by atoms with Gasteiger partial charge in [0.1, 0.15) is 12.4 Å². The minimum Gasteiger partial charge on any atom is -0.497 e. The van der Waals surface area contributed by atoms with Crippen LogP contribution < -0.4 is 4.74 Å². The highest BCUT2D eigenvalue weighted by Crippen LogP contribution is 2.12. The van der Waals surface area contributed by atoms with E-state index in [-0.39, 0.29) is 12.4 Å². The summed E-state index contributed by atoms with van der Waals surface area (Å²) in [5.74, 6) is 0.141. The van der Waals surface area contributed by atoms with E-state index >= 15 is 0 Å². The Morgan fingerprint density at radius 3 is 2.76 bits per heavy atom. The summed E-state index contributed by atoms with van der Waals surface area (Å²) in [5, 5.41) is 0. The molecule has 1 heterocycles. The van der Waals surface area contributed by atoms with Crippen LogP contribution in [0.4, 0.5) is 0 Å². The zero-order valence-electron chi connectivity index (χ0n) is 11.7. The van der Waals surface area contributed by atoms with E-state index in [4.69, 9.17) is 14.2 Å². The third-order valence-electron chi connectivity index (χ3n) is 2.83. The summed E-state index contributed by atoms with van der Waals surface area (Å²) < 4.78 is 15.1. The van der Waals surface area contributed by atoms with Gasteiger partial charge in [-0.1, -0.05) is 18.2 Å². The average Bonchev–Trinajstić information content (AvgIpc) is 2.50. The summed E-state index contributed by atoms with van der Waals surface area (Å²) in [4.78, 5) is 22.4. The van der Waals surface area contributed by atoms with Crippen molar-refractivity contribution >= 4 is 11.8 Å². The molecule has 0 aliphatic carbocycles. The Morgan fingerprint density at radius 2 is 2.14 bits per heavy atom. The molecule has 110 valence electrons. The van der Waals surface area contributed by atoms with E-state index in [1.807, 2.05) is 24.3 Å². The molecule has 0 saturated heterocycles. The van der Waals surface area contributed by atoms with Gasteiger partial charge in [0.25, 0.3) is 0 Å². The quantitative estimate of drug-likeness (QED) is 0.611. The molecule has 5 heteroatoms. The van der Waals surface area contributed by atoms with Gasteiger partial charge in [-0.05, 0) is 36.3 Å². The molecule has 0 saturated carbocycles. The highest BCUT2D eigenvalue weighted by molar-refractivity contribution is 5.91. The molecular weight excluding hydrogens is 272 g/mol. The number of esters is 1. The predicted molar refractivity (Wildman–Crippen MR) is 75.8 cm³/mol. The highest BCUT2D eigenvalue weighted by Gasteiger charge is 2.15. The average molecular weight is 288 g/mol. The van der Waals surface area contributed by atoms with Crippen molar-refractivity contribution in [3.05, 3.63) is 54.1 Å². The van der Waals surface area contributed by atoms with Gasteiger partial charge in [0.2, 0.25) is 6.29 Å². The molecule has 0 unspecified atom stereocenters. The summed E-state index contributed by atoms with van der Waals surface area (Å²) in [6, 6.07) is 7.57. The van der Waals surface area contributed by atoms with Crippen LogP contribution in [0.1, 0.15) is 5.56 Å². The number of carbonyl (C=O) groups excluding carboxylic acids is 2. The van der Waals surface area contributed by atoms with Crippen molar-refractivity contribution in [2.24, 2.45) is 0 Å². The van der Waals surface area contributed by atoms with E-state index in [0.717, 1.165) is 11.3 Å².